The topological polar surface area (TPSA) is 61.5 Å². The van der Waals surface area contributed by atoms with Crippen LogP contribution in [0.3, 0.4) is 0 Å². The summed E-state index contributed by atoms with van der Waals surface area (Å²) in [5.41, 5.74) is 1.34. The molecule has 25 heavy (non-hydrogen) atoms. The van der Waals surface area contributed by atoms with E-state index in [0.717, 1.165) is 49.8 Å². The molecule has 2 aliphatic heterocycles. The van der Waals surface area contributed by atoms with Gasteiger partial charge in [-0.1, -0.05) is 13.0 Å². The molecule has 1 aromatic heterocycles. The Kier molecular flexibility index (Phi) is 4.37. The molecule has 2 unspecified atom stereocenters. The lowest BCUT2D eigenvalue weighted by Crippen LogP contribution is -2.62. The summed E-state index contributed by atoms with van der Waals surface area (Å²) in [5.74, 6) is 0.742. The second kappa shape index (κ2) is 6.67. The molecule has 2 saturated heterocycles. The van der Waals surface area contributed by atoms with E-state index < -0.39 is 0 Å². The van der Waals surface area contributed by atoms with E-state index in [2.05, 4.69) is 26.9 Å². The maximum atomic E-state index is 13.4. The van der Waals surface area contributed by atoms with E-state index in [1.165, 1.54) is 6.42 Å². The van der Waals surface area contributed by atoms with Gasteiger partial charge in [0, 0.05) is 26.6 Å². The number of rotatable bonds is 4. The van der Waals surface area contributed by atoms with Gasteiger partial charge in [0.1, 0.15) is 5.75 Å². The Labute approximate surface area is 149 Å². The molecule has 2 fully saturated rings. The van der Waals surface area contributed by atoms with Crippen LogP contribution in [0, 0.1) is 0 Å². The Morgan fingerprint density at radius 3 is 2.80 bits per heavy atom. The number of H-pyrrole nitrogens is 1. The average molecular weight is 344 g/mol. The molecule has 136 valence electrons. The highest BCUT2D eigenvalue weighted by Crippen LogP contribution is 2.33. The first-order valence-electron chi connectivity index (χ1n) is 9.29. The number of piperidine rings is 1. The number of piperazine rings is 1. The van der Waals surface area contributed by atoms with Crippen molar-refractivity contribution in [2.24, 2.45) is 0 Å². The number of benzene rings is 1. The second-order valence-electron chi connectivity index (χ2n) is 7.17. The van der Waals surface area contributed by atoms with E-state index in [0.29, 0.717) is 23.5 Å². The molecular formula is C19H28N4O2. The first-order chi connectivity index (χ1) is 12.2. The minimum Gasteiger partial charge on any atom is -0.496 e. The van der Waals surface area contributed by atoms with Gasteiger partial charge in [-0.25, -0.2) is 0 Å². The molecule has 0 spiro atoms. The van der Waals surface area contributed by atoms with Gasteiger partial charge in [-0.3, -0.25) is 14.8 Å². The zero-order valence-electron chi connectivity index (χ0n) is 15.0. The van der Waals surface area contributed by atoms with Crippen LogP contribution in [0.1, 0.15) is 44.5 Å². The number of carbonyl (C=O) groups excluding carboxylic acids is 1. The van der Waals surface area contributed by atoms with Crippen molar-refractivity contribution in [1.82, 2.24) is 20.0 Å². The van der Waals surface area contributed by atoms with Gasteiger partial charge in [0.15, 0.2) is 5.69 Å². The Balaban J connectivity index is 0.00000196. The van der Waals surface area contributed by atoms with Gasteiger partial charge in [-0.05, 0) is 44.4 Å². The minimum absolute atomic E-state index is 0. The van der Waals surface area contributed by atoms with Crippen molar-refractivity contribution < 1.29 is 11.0 Å². The lowest BCUT2D eigenvalue weighted by Gasteiger charge is -2.50. The van der Waals surface area contributed by atoms with Crippen LogP contribution in [0.2, 0.25) is 0 Å². The molecule has 2 aromatic rings. The quantitative estimate of drug-likeness (QED) is 0.926. The Hall–Kier alpha value is -2.08. The lowest BCUT2D eigenvalue weighted by atomic mass is 9.90. The van der Waals surface area contributed by atoms with Crippen LogP contribution < -0.4 is 4.74 Å². The summed E-state index contributed by atoms with van der Waals surface area (Å²) in [6.45, 7) is 5.30. The van der Waals surface area contributed by atoms with Gasteiger partial charge in [0.25, 0.3) is 5.91 Å². The summed E-state index contributed by atoms with van der Waals surface area (Å²) in [6, 6.07) is 6.32. The minimum atomic E-state index is 0. The molecule has 1 N–H and O–H groups in total. The fraction of sp³-hybridized carbons (Fsp3) is 0.579. The van der Waals surface area contributed by atoms with Gasteiger partial charge >= 0.3 is 0 Å². The number of fused-ring (bicyclic) bond motifs is 3. The van der Waals surface area contributed by atoms with Crippen molar-refractivity contribution in [3.8, 4) is 5.75 Å². The highest BCUT2D eigenvalue weighted by molar-refractivity contribution is 6.07. The number of aromatic nitrogens is 2. The molecule has 3 heterocycles. The summed E-state index contributed by atoms with van der Waals surface area (Å²) < 4.78 is 5.47. The SMILES string of the molecule is CCCN1CC2CCCC(C1)N2C(=O)c1n[nH]c2cccc(OC)c12.[HH]. The number of likely N-dealkylation sites (tertiary alicyclic amines) is 1. The van der Waals surface area contributed by atoms with Crippen LogP contribution in [-0.4, -0.2) is 64.7 Å². The summed E-state index contributed by atoms with van der Waals surface area (Å²) in [7, 11) is 1.63. The molecule has 0 aliphatic carbocycles. The van der Waals surface area contributed by atoms with Crippen molar-refractivity contribution in [2.75, 3.05) is 26.7 Å². The molecule has 4 rings (SSSR count). The van der Waals surface area contributed by atoms with E-state index in [1.807, 2.05) is 18.2 Å². The Bertz CT molecular complexity index is 764. The second-order valence-corrected chi connectivity index (χ2v) is 7.17. The van der Waals surface area contributed by atoms with Crippen LogP contribution in [0.15, 0.2) is 18.2 Å². The van der Waals surface area contributed by atoms with Crippen LogP contribution in [0.5, 0.6) is 5.75 Å². The van der Waals surface area contributed by atoms with Gasteiger partial charge < -0.3 is 9.64 Å². The summed E-state index contributed by atoms with van der Waals surface area (Å²) >= 11 is 0. The smallest absolute Gasteiger partial charge is 0.275 e. The van der Waals surface area contributed by atoms with Gasteiger partial charge in [0.05, 0.1) is 18.0 Å². The largest absolute Gasteiger partial charge is 0.496 e. The highest BCUT2D eigenvalue weighted by Gasteiger charge is 2.41. The third-order valence-corrected chi connectivity index (χ3v) is 5.55. The molecule has 2 atom stereocenters. The number of nitrogens with zero attached hydrogens (tertiary/aromatic N) is 3. The maximum Gasteiger partial charge on any atom is 0.275 e. The van der Waals surface area contributed by atoms with Crippen LogP contribution in [0.25, 0.3) is 10.9 Å². The van der Waals surface area contributed by atoms with Crippen LogP contribution in [-0.2, 0) is 0 Å². The number of methoxy groups -OCH3 is 1. The van der Waals surface area contributed by atoms with Gasteiger partial charge in [0.2, 0.25) is 0 Å². The van der Waals surface area contributed by atoms with E-state index >= 15 is 0 Å². The zero-order valence-corrected chi connectivity index (χ0v) is 15.0. The van der Waals surface area contributed by atoms with Crippen molar-refractivity contribution in [1.29, 1.82) is 0 Å². The van der Waals surface area contributed by atoms with E-state index in [-0.39, 0.29) is 7.33 Å². The van der Waals surface area contributed by atoms with Crippen molar-refractivity contribution in [3.63, 3.8) is 0 Å². The summed E-state index contributed by atoms with van der Waals surface area (Å²) in [6.07, 6.45) is 4.54. The van der Waals surface area contributed by atoms with Gasteiger partial charge in [-0.15, -0.1) is 0 Å². The van der Waals surface area contributed by atoms with Crippen molar-refractivity contribution >= 4 is 16.8 Å². The molecular weight excluding hydrogens is 316 g/mol. The summed E-state index contributed by atoms with van der Waals surface area (Å²) in [4.78, 5) is 18.0. The standard InChI is InChI=1S/C19H26N4O2.H2/c1-3-10-22-11-13-6-4-7-14(12-22)23(13)19(24)18-17-15(20-21-18)8-5-9-16(17)25-2;/h5,8-9,13-14H,3-4,6-7,10-12H2,1-2H3,(H,20,21);1H. The molecule has 1 aromatic carbocycles. The number of nitrogens with one attached hydrogen (secondary N) is 1. The predicted octanol–water partition coefficient (Wildman–Crippen LogP) is 2.91. The zero-order chi connectivity index (χ0) is 17.4. The number of aromatic amines is 1. The Morgan fingerprint density at radius 2 is 2.12 bits per heavy atom. The molecule has 1 amide bonds. The summed E-state index contributed by atoms with van der Waals surface area (Å²) in [5, 5.41) is 8.14. The average Bonchev–Trinajstić information content (AvgIpc) is 3.05. The fourth-order valence-electron chi connectivity index (χ4n) is 4.51. The molecule has 0 saturated carbocycles. The lowest BCUT2D eigenvalue weighted by molar-refractivity contribution is -0.00130. The van der Waals surface area contributed by atoms with E-state index in [4.69, 9.17) is 4.74 Å². The fourth-order valence-corrected chi connectivity index (χ4v) is 4.51. The number of amides is 1. The number of carbonyl (C=O) groups is 1. The van der Waals surface area contributed by atoms with Crippen molar-refractivity contribution in [3.05, 3.63) is 23.9 Å². The molecule has 2 bridgehead atoms. The third kappa shape index (κ3) is 2.78. The molecule has 6 heteroatoms. The molecule has 6 nitrogen and oxygen atoms in total. The first kappa shape index (κ1) is 16.4. The van der Waals surface area contributed by atoms with Crippen LogP contribution in [0.4, 0.5) is 0 Å². The van der Waals surface area contributed by atoms with Crippen molar-refractivity contribution in [2.45, 2.75) is 44.7 Å². The molecule has 2 aliphatic rings. The van der Waals surface area contributed by atoms with E-state index in [9.17, 15) is 4.79 Å². The molecule has 0 radical (unpaired) electrons. The third-order valence-electron chi connectivity index (χ3n) is 5.55. The van der Waals surface area contributed by atoms with Crippen LogP contribution >= 0.6 is 0 Å². The first-order valence-corrected chi connectivity index (χ1v) is 9.29. The van der Waals surface area contributed by atoms with Gasteiger partial charge in [-0.2, -0.15) is 5.10 Å². The predicted molar refractivity (Wildman–Crippen MR) is 99.1 cm³/mol. The van der Waals surface area contributed by atoms with E-state index in [1.54, 1.807) is 7.11 Å². The maximum absolute atomic E-state index is 13.4. The number of hydrogen-bond donors (Lipinski definition) is 1. The Morgan fingerprint density at radius 1 is 1.36 bits per heavy atom. The number of ether oxygens (including phenoxy) is 1. The monoisotopic (exact) mass is 344 g/mol. The normalized spacial score (nSPS) is 23.8. The highest BCUT2D eigenvalue weighted by atomic mass is 16.5. The number of hydrogen-bond acceptors (Lipinski definition) is 4.